The van der Waals surface area contributed by atoms with Gasteiger partial charge < -0.3 is 9.84 Å². The number of benzene rings is 1. The van der Waals surface area contributed by atoms with Crippen LogP contribution >= 0.6 is 0 Å². The predicted molar refractivity (Wildman–Crippen MR) is 81.7 cm³/mol. The van der Waals surface area contributed by atoms with Gasteiger partial charge in [-0.25, -0.2) is 4.98 Å². The van der Waals surface area contributed by atoms with Crippen molar-refractivity contribution >= 4 is 5.65 Å². The molecule has 1 aromatic carbocycles. The highest BCUT2D eigenvalue weighted by Gasteiger charge is 2.13. The topological polar surface area (TPSA) is 46.8 Å². The first-order chi connectivity index (χ1) is 10.2. The zero-order valence-electron chi connectivity index (χ0n) is 12.2. The molecule has 0 bridgehead atoms. The average molecular weight is 282 g/mol. The second-order valence-corrected chi connectivity index (χ2v) is 5.05. The number of nitrogens with zero attached hydrogens (tertiary/aromatic N) is 2. The summed E-state index contributed by atoms with van der Waals surface area (Å²) in [6.45, 7) is 2.00. The van der Waals surface area contributed by atoms with E-state index in [2.05, 4.69) is 4.98 Å². The van der Waals surface area contributed by atoms with Gasteiger partial charge in [-0.15, -0.1) is 0 Å². The molecular formula is C17H18N2O2. The molecule has 4 nitrogen and oxygen atoms in total. The van der Waals surface area contributed by atoms with Gasteiger partial charge in [0.15, 0.2) is 0 Å². The van der Waals surface area contributed by atoms with Crippen molar-refractivity contribution in [3.05, 3.63) is 65.1 Å². The quantitative estimate of drug-likeness (QED) is 0.800. The molecular weight excluding hydrogens is 264 g/mol. The van der Waals surface area contributed by atoms with Gasteiger partial charge in [0.2, 0.25) is 0 Å². The van der Waals surface area contributed by atoms with Crippen LogP contribution in [0.5, 0.6) is 5.75 Å². The van der Waals surface area contributed by atoms with E-state index in [0.717, 1.165) is 34.0 Å². The van der Waals surface area contributed by atoms with E-state index >= 15 is 0 Å². The summed E-state index contributed by atoms with van der Waals surface area (Å²) in [5.41, 5.74) is 4.87. The number of hydrogen-bond acceptors (Lipinski definition) is 3. The molecule has 0 radical (unpaired) electrons. The van der Waals surface area contributed by atoms with Crippen molar-refractivity contribution in [2.75, 3.05) is 7.11 Å². The molecule has 0 saturated carbocycles. The van der Waals surface area contributed by atoms with Crippen molar-refractivity contribution in [1.82, 2.24) is 9.38 Å². The highest BCUT2D eigenvalue weighted by Crippen LogP contribution is 2.20. The maximum absolute atomic E-state index is 9.71. The van der Waals surface area contributed by atoms with Crippen LogP contribution in [0.25, 0.3) is 5.65 Å². The molecule has 0 fully saturated rings. The lowest BCUT2D eigenvalue weighted by atomic mass is 10.1. The van der Waals surface area contributed by atoms with Crippen molar-refractivity contribution in [1.29, 1.82) is 0 Å². The zero-order valence-corrected chi connectivity index (χ0v) is 12.2. The number of aryl methyl sites for hydroxylation is 1. The largest absolute Gasteiger partial charge is 0.497 e. The molecule has 3 rings (SSSR count). The van der Waals surface area contributed by atoms with Crippen molar-refractivity contribution in [3.63, 3.8) is 0 Å². The molecule has 2 aromatic heterocycles. The number of pyridine rings is 1. The van der Waals surface area contributed by atoms with E-state index < -0.39 is 0 Å². The van der Waals surface area contributed by atoms with Gasteiger partial charge in [-0.1, -0.05) is 18.2 Å². The number of methoxy groups -OCH3 is 1. The highest BCUT2D eigenvalue weighted by molar-refractivity contribution is 5.46. The van der Waals surface area contributed by atoms with Crippen LogP contribution in [-0.4, -0.2) is 21.6 Å². The van der Waals surface area contributed by atoms with Crippen molar-refractivity contribution < 1.29 is 9.84 Å². The van der Waals surface area contributed by atoms with Gasteiger partial charge in [-0.05, 0) is 36.8 Å². The molecule has 4 heteroatoms. The van der Waals surface area contributed by atoms with E-state index in [-0.39, 0.29) is 6.61 Å². The number of rotatable bonds is 4. The summed E-state index contributed by atoms with van der Waals surface area (Å²) < 4.78 is 7.18. The first-order valence-electron chi connectivity index (χ1n) is 6.92. The molecule has 1 N–H and O–H groups in total. The molecule has 0 aliphatic carbocycles. The van der Waals surface area contributed by atoms with Gasteiger partial charge in [0.25, 0.3) is 0 Å². The molecule has 108 valence electrons. The zero-order chi connectivity index (χ0) is 14.8. The molecule has 0 aliphatic rings. The van der Waals surface area contributed by atoms with Gasteiger partial charge in [-0.3, -0.25) is 4.40 Å². The monoisotopic (exact) mass is 282 g/mol. The Hall–Kier alpha value is -2.33. The SMILES string of the molecule is COc1ccc(Cc2nc3cccc(C)n3c2CO)cc1. The summed E-state index contributed by atoms with van der Waals surface area (Å²) in [5, 5.41) is 9.71. The summed E-state index contributed by atoms with van der Waals surface area (Å²) in [4.78, 5) is 4.65. The molecule has 0 amide bonds. The van der Waals surface area contributed by atoms with E-state index in [1.807, 2.05) is 53.8 Å². The van der Waals surface area contributed by atoms with E-state index in [1.165, 1.54) is 0 Å². The number of imidazole rings is 1. The maximum atomic E-state index is 9.71. The standard InChI is InChI=1S/C17H18N2O2/c1-12-4-3-5-17-18-15(16(11-20)19(12)17)10-13-6-8-14(21-2)9-7-13/h3-9,20H,10-11H2,1-2H3. The number of aromatic nitrogens is 2. The number of ether oxygens (including phenoxy) is 1. The van der Waals surface area contributed by atoms with Crippen molar-refractivity contribution in [2.45, 2.75) is 20.0 Å². The van der Waals surface area contributed by atoms with Crippen LogP contribution in [0.2, 0.25) is 0 Å². The second kappa shape index (κ2) is 5.58. The minimum atomic E-state index is -0.0164. The Kier molecular flexibility index (Phi) is 3.62. The van der Waals surface area contributed by atoms with Gasteiger partial charge in [-0.2, -0.15) is 0 Å². The lowest BCUT2D eigenvalue weighted by Gasteiger charge is -2.05. The first-order valence-corrected chi connectivity index (χ1v) is 6.92. The smallest absolute Gasteiger partial charge is 0.137 e. The third-order valence-electron chi connectivity index (χ3n) is 3.70. The predicted octanol–water partition coefficient (Wildman–Crippen LogP) is 2.73. The molecule has 0 spiro atoms. The first kappa shape index (κ1) is 13.6. The normalized spacial score (nSPS) is 11.0. The van der Waals surface area contributed by atoms with Crippen LogP contribution in [0.1, 0.15) is 22.6 Å². The van der Waals surface area contributed by atoms with Crippen LogP contribution in [-0.2, 0) is 13.0 Å². The number of aliphatic hydroxyl groups excluding tert-OH is 1. The number of fused-ring (bicyclic) bond motifs is 1. The van der Waals surface area contributed by atoms with Gasteiger partial charge >= 0.3 is 0 Å². The maximum Gasteiger partial charge on any atom is 0.137 e. The average Bonchev–Trinajstić information content (AvgIpc) is 2.86. The Balaban J connectivity index is 2.01. The van der Waals surface area contributed by atoms with Crippen LogP contribution in [0.4, 0.5) is 0 Å². The molecule has 0 unspecified atom stereocenters. The van der Waals surface area contributed by atoms with E-state index in [0.29, 0.717) is 6.42 Å². The minimum Gasteiger partial charge on any atom is -0.497 e. The third kappa shape index (κ3) is 2.50. The van der Waals surface area contributed by atoms with Crippen molar-refractivity contribution in [2.24, 2.45) is 0 Å². The fourth-order valence-corrected chi connectivity index (χ4v) is 2.61. The molecule has 21 heavy (non-hydrogen) atoms. The summed E-state index contributed by atoms with van der Waals surface area (Å²) in [5.74, 6) is 0.840. The molecule has 0 atom stereocenters. The summed E-state index contributed by atoms with van der Waals surface area (Å²) in [7, 11) is 1.66. The second-order valence-electron chi connectivity index (χ2n) is 5.05. The fraction of sp³-hybridized carbons (Fsp3) is 0.235. The van der Waals surface area contributed by atoms with Gasteiger partial charge in [0.1, 0.15) is 11.4 Å². The summed E-state index contributed by atoms with van der Waals surface area (Å²) in [6.07, 6.45) is 0.695. The van der Waals surface area contributed by atoms with Crippen LogP contribution in [0.15, 0.2) is 42.5 Å². The Labute approximate surface area is 123 Å². The van der Waals surface area contributed by atoms with Crippen LogP contribution < -0.4 is 4.74 Å². The third-order valence-corrected chi connectivity index (χ3v) is 3.70. The summed E-state index contributed by atoms with van der Waals surface area (Å²) >= 11 is 0. The molecule has 0 saturated heterocycles. The summed E-state index contributed by atoms with van der Waals surface area (Å²) in [6, 6.07) is 13.9. The van der Waals surface area contributed by atoms with Crippen LogP contribution in [0.3, 0.4) is 0 Å². The van der Waals surface area contributed by atoms with Crippen molar-refractivity contribution in [3.8, 4) is 5.75 Å². The number of aliphatic hydroxyl groups is 1. The highest BCUT2D eigenvalue weighted by atomic mass is 16.5. The molecule has 2 heterocycles. The van der Waals surface area contributed by atoms with E-state index in [9.17, 15) is 5.11 Å². The molecule has 0 aliphatic heterocycles. The Morgan fingerprint density at radius 1 is 1.14 bits per heavy atom. The molecule has 3 aromatic rings. The Bertz CT molecular complexity index is 760. The Morgan fingerprint density at radius 3 is 2.57 bits per heavy atom. The Morgan fingerprint density at radius 2 is 1.90 bits per heavy atom. The van der Waals surface area contributed by atoms with Gasteiger partial charge in [0.05, 0.1) is 25.1 Å². The van der Waals surface area contributed by atoms with Gasteiger partial charge in [0, 0.05) is 12.1 Å². The van der Waals surface area contributed by atoms with Crippen LogP contribution in [0, 0.1) is 6.92 Å². The minimum absolute atomic E-state index is 0.0164. The van der Waals surface area contributed by atoms with E-state index in [4.69, 9.17) is 4.74 Å². The van der Waals surface area contributed by atoms with E-state index in [1.54, 1.807) is 7.11 Å². The fourth-order valence-electron chi connectivity index (χ4n) is 2.61. The number of hydrogen-bond donors (Lipinski definition) is 1. The lowest BCUT2D eigenvalue weighted by Crippen LogP contribution is -2.00. The lowest BCUT2D eigenvalue weighted by molar-refractivity contribution is 0.274.